The molecule has 8 nitrogen and oxygen atoms in total. The molecule has 1 atom stereocenters. The number of nitrogens with one attached hydrogen (secondary N) is 1. The number of carbonyl (C=O) groups excluding carboxylic acids is 1. The van der Waals surface area contributed by atoms with Gasteiger partial charge < -0.3 is 19.2 Å². The third kappa shape index (κ3) is 5.63. The van der Waals surface area contributed by atoms with Gasteiger partial charge in [0.1, 0.15) is 17.1 Å². The minimum atomic E-state index is -0.463. The fourth-order valence-corrected chi connectivity index (χ4v) is 4.17. The van der Waals surface area contributed by atoms with Crippen LogP contribution in [0.1, 0.15) is 54.3 Å². The summed E-state index contributed by atoms with van der Waals surface area (Å²) in [6.07, 6.45) is 4.45. The van der Waals surface area contributed by atoms with Gasteiger partial charge in [0.05, 0.1) is 29.8 Å². The molecule has 0 spiro atoms. The fourth-order valence-electron chi connectivity index (χ4n) is 4.17. The minimum Gasteiger partial charge on any atom is -0.494 e. The van der Waals surface area contributed by atoms with Crippen LogP contribution >= 0.6 is 0 Å². The highest BCUT2D eigenvalue weighted by molar-refractivity contribution is 6.17. The minimum absolute atomic E-state index is 0.0671. The number of ether oxygens (including phenoxy) is 2. The van der Waals surface area contributed by atoms with Gasteiger partial charge in [-0.05, 0) is 49.6 Å². The number of rotatable bonds is 11. The smallest absolute Gasteiger partial charge is 0.270 e. The maximum Gasteiger partial charge on any atom is 0.270 e. The van der Waals surface area contributed by atoms with E-state index in [1.54, 1.807) is 30.3 Å². The number of nitro groups is 1. The zero-order chi connectivity index (χ0) is 23.9. The Morgan fingerprint density at radius 1 is 1.21 bits per heavy atom. The van der Waals surface area contributed by atoms with Gasteiger partial charge in [0, 0.05) is 42.6 Å². The molecule has 34 heavy (non-hydrogen) atoms. The summed E-state index contributed by atoms with van der Waals surface area (Å²) in [6, 6.07) is 11.4. The van der Waals surface area contributed by atoms with Gasteiger partial charge >= 0.3 is 0 Å². The van der Waals surface area contributed by atoms with E-state index in [1.165, 1.54) is 12.1 Å². The first-order valence-corrected chi connectivity index (χ1v) is 11.9. The molecule has 1 aromatic heterocycles. The van der Waals surface area contributed by atoms with Crippen LogP contribution in [-0.4, -0.2) is 43.1 Å². The number of hydrogen-bond acceptors (Lipinski definition) is 7. The number of ketones is 1. The van der Waals surface area contributed by atoms with Gasteiger partial charge in [0.15, 0.2) is 5.78 Å². The summed E-state index contributed by atoms with van der Waals surface area (Å²) in [7, 11) is 0. The summed E-state index contributed by atoms with van der Waals surface area (Å²) in [4.78, 5) is 24.3. The van der Waals surface area contributed by atoms with Crippen molar-refractivity contribution in [2.75, 3.05) is 26.3 Å². The lowest BCUT2D eigenvalue weighted by atomic mass is 9.98. The summed E-state index contributed by atoms with van der Waals surface area (Å²) in [5.41, 5.74) is 1.31. The van der Waals surface area contributed by atoms with E-state index in [1.807, 2.05) is 0 Å². The number of nitro benzene ring substituents is 1. The third-order valence-electron chi connectivity index (χ3n) is 6.00. The molecule has 4 rings (SSSR count). The largest absolute Gasteiger partial charge is 0.494 e. The van der Waals surface area contributed by atoms with Crippen molar-refractivity contribution in [3.8, 4) is 5.75 Å². The molecule has 2 aromatic carbocycles. The van der Waals surface area contributed by atoms with Crippen molar-refractivity contribution in [2.45, 2.75) is 45.1 Å². The van der Waals surface area contributed by atoms with Gasteiger partial charge in [-0.15, -0.1) is 0 Å². The number of morpholine rings is 1. The van der Waals surface area contributed by atoms with E-state index < -0.39 is 4.92 Å². The number of fused-ring (bicyclic) bond motifs is 1. The van der Waals surface area contributed by atoms with Crippen molar-refractivity contribution in [3.63, 3.8) is 0 Å². The monoisotopic (exact) mass is 466 g/mol. The van der Waals surface area contributed by atoms with Crippen LogP contribution in [0.25, 0.3) is 11.0 Å². The molecule has 0 radical (unpaired) electrons. The standard InChI is InChI=1S/C26H30N2O6/c1-2-3-6-24-25(22-16-19(28(30)31)9-12-23(22)34-24)26(29)18-7-10-20(11-8-18)32-14-4-5-21-17-27-13-15-33-21/h7-12,16,21,27H,2-6,13-15,17H2,1H3. The highest BCUT2D eigenvalue weighted by atomic mass is 16.6. The van der Waals surface area contributed by atoms with Crippen molar-refractivity contribution in [1.82, 2.24) is 5.32 Å². The van der Waals surface area contributed by atoms with Gasteiger partial charge in [0.2, 0.25) is 0 Å². The first-order valence-electron chi connectivity index (χ1n) is 11.9. The predicted octanol–water partition coefficient (Wildman–Crippen LogP) is 5.06. The van der Waals surface area contributed by atoms with Crippen LogP contribution in [0.15, 0.2) is 46.9 Å². The lowest BCUT2D eigenvalue weighted by molar-refractivity contribution is -0.384. The molecule has 2 heterocycles. The average molecular weight is 467 g/mol. The Morgan fingerprint density at radius 2 is 2.03 bits per heavy atom. The molecule has 3 aromatic rings. The number of non-ortho nitro benzene ring substituents is 1. The zero-order valence-corrected chi connectivity index (χ0v) is 19.4. The van der Waals surface area contributed by atoms with E-state index in [9.17, 15) is 14.9 Å². The highest BCUT2D eigenvalue weighted by Crippen LogP contribution is 2.32. The van der Waals surface area contributed by atoms with Crippen LogP contribution < -0.4 is 10.1 Å². The maximum absolute atomic E-state index is 13.4. The summed E-state index contributed by atoms with van der Waals surface area (Å²) in [5, 5.41) is 15.1. The Hall–Kier alpha value is -3.23. The number of furan rings is 1. The maximum atomic E-state index is 13.4. The van der Waals surface area contributed by atoms with Crippen LogP contribution in [0.2, 0.25) is 0 Å². The van der Waals surface area contributed by atoms with Crippen molar-refractivity contribution in [2.24, 2.45) is 0 Å². The Morgan fingerprint density at radius 3 is 2.74 bits per heavy atom. The molecule has 180 valence electrons. The van der Waals surface area contributed by atoms with Gasteiger partial charge in [-0.3, -0.25) is 14.9 Å². The lowest BCUT2D eigenvalue weighted by Gasteiger charge is -2.23. The van der Waals surface area contributed by atoms with Crippen LogP contribution in [0.3, 0.4) is 0 Å². The molecular formula is C26H30N2O6. The lowest BCUT2D eigenvalue weighted by Crippen LogP contribution is -2.38. The molecule has 0 amide bonds. The van der Waals surface area contributed by atoms with Crippen LogP contribution in [-0.2, 0) is 11.2 Å². The second-order valence-corrected chi connectivity index (χ2v) is 8.48. The third-order valence-corrected chi connectivity index (χ3v) is 6.00. The Bertz CT molecular complexity index is 1130. The van der Waals surface area contributed by atoms with Gasteiger partial charge in [-0.1, -0.05) is 13.3 Å². The highest BCUT2D eigenvalue weighted by Gasteiger charge is 2.23. The predicted molar refractivity (Wildman–Crippen MR) is 129 cm³/mol. The Balaban J connectivity index is 1.47. The van der Waals surface area contributed by atoms with Crippen LogP contribution in [0.5, 0.6) is 5.75 Å². The summed E-state index contributed by atoms with van der Waals surface area (Å²) in [6.45, 7) is 5.17. The molecule has 0 saturated carbocycles. The zero-order valence-electron chi connectivity index (χ0n) is 19.4. The molecule has 1 unspecified atom stereocenters. The molecule has 1 aliphatic rings. The molecule has 1 fully saturated rings. The van der Waals surface area contributed by atoms with Gasteiger partial charge in [-0.25, -0.2) is 0 Å². The fraction of sp³-hybridized carbons (Fsp3) is 0.423. The number of benzene rings is 2. The van der Waals surface area contributed by atoms with Crippen LogP contribution in [0.4, 0.5) is 5.69 Å². The summed E-state index contributed by atoms with van der Waals surface area (Å²) < 4.78 is 17.5. The second-order valence-electron chi connectivity index (χ2n) is 8.48. The van der Waals surface area contributed by atoms with Crippen molar-refractivity contribution in [1.29, 1.82) is 0 Å². The molecule has 1 saturated heterocycles. The van der Waals surface area contributed by atoms with E-state index in [0.717, 1.165) is 45.4 Å². The molecule has 0 bridgehead atoms. The molecule has 0 aliphatic carbocycles. The SMILES string of the molecule is CCCCc1oc2ccc([N+](=O)[O-])cc2c1C(=O)c1ccc(OCCCC2CNCCO2)cc1. The molecule has 8 heteroatoms. The van der Waals surface area contributed by atoms with E-state index in [2.05, 4.69) is 12.2 Å². The second kappa shape index (κ2) is 11.3. The number of hydrogen-bond donors (Lipinski definition) is 1. The normalized spacial score (nSPS) is 16.0. The number of carbonyl (C=O) groups is 1. The van der Waals surface area contributed by atoms with Gasteiger partial charge in [-0.2, -0.15) is 0 Å². The quantitative estimate of drug-likeness (QED) is 0.182. The van der Waals surface area contributed by atoms with E-state index in [0.29, 0.717) is 46.6 Å². The first-order chi connectivity index (χ1) is 16.6. The first kappa shape index (κ1) is 23.9. The Kier molecular flexibility index (Phi) is 7.92. The summed E-state index contributed by atoms with van der Waals surface area (Å²) in [5.74, 6) is 1.05. The topological polar surface area (TPSA) is 104 Å². The Labute approximate surface area is 198 Å². The number of nitrogens with zero attached hydrogens (tertiary/aromatic N) is 1. The summed E-state index contributed by atoms with van der Waals surface area (Å²) >= 11 is 0. The number of unbranched alkanes of at least 4 members (excludes halogenated alkanes) is 1. The molecular weight excluding hydrogens is 436 g/mol. The van der Waals surface area contributed by atoms with Crippen molar-refractivity contribution >= 4 is 22.4 Å². The van der Waals surface area contributed by atoms with E-state index >= 15 is 0 Å². The number of aryl methyl sites for hydroxylation is 1. The molecule has 1 N–H and O–H groups in total. The van der Waals surface area contributed by atoms with Crippen molar-refractivity contribution < 1.29 is 23.6 Å². The van der Waals surface area contributed by atoms with Gasteiger partial charge in [0.25, 0.3) is 5.69 Å². The van der Waals surface area contributed by atoms with E-state index in [-0.39, 0.29) is 17.6 Å². The van der Waals surface area contributed by atoms with Crippen molar-refractivity contribution in [3.05, 3.63) is 69.5 Å². The van der Waals surface area contributed by atoms with E-state index in [4.69, 9.17) is 13.9 Å². The van der Waals surface area contributed by atoms with Crippen LogP contribution in [0, 0.1) is 10.1 Å². The molecule has 1 aliphatic heterocycles. The average Bonchev–Trinajstić information content (AvgIpc) is 3.23.